The van der Waals surface area contributed by atoms with E-state index < -0.39 is 48.3 Å². The van der Waals surface area contributed by atoms with E-state index in [0.717, 1.165) is 18.2 Å². The van der Waals surface area contributed by atoms with Crippen molar-refractivity contribution in [1.82, 2.24) is 5.32 Å². The second-order valence-corrected chi connectivity index (χ2v) is 4.85. The number of benzene rings is 2. The molecule has 0 bridgehead atoms. The Kier molecular flexibility index (Phi) is 6.16. The highest BCUT2D eigenvalue weighted by atomic mass is 19.1. The highest BCUT2D eigenvalue weighted by Crippen LogP contribution is 2.17. The summed E-state index contributed by atoms with van der Waals surface area (Å²) in [6.45, 7) is -1.19. The predicted octanol–water partition coefficient (Wildman–Crippen LogP) is 1.88. The molecule has 0 radical (unpaired) electrons. The van der Waals surface area contributed by atoms with Gasteiger partial charge in [-0.05, 0) is 24.3 Å². The average Bonchev–Trinajstić information content (AvgIpc) is 2.62. The minimum absolute atomic E-state index is 0.364. The van der Waals surface area contributed by atoms with Gasteiger partial charge in [0.15, 0.2) is 6.61 Å². The molecule has 0 fully saturated rings. The van der Waals surface area contributed by atoms with Crippen LogP contribution in [0, 0.1) is 11.6 Å². The van der Waals surface area contributed by atoms with Crippen molar-refractivity contribution in [1.29, 1.82) is 0 Å². The zero-order valence-electron chi connectivity index (χ0n) is 12.9. The molecule has 2 aromatic carbocycles. The van der Waals surface area contributed by atoms with Gasteiger partial charge in [0.2, 0.25) is 0 Å². The summed E-state index contributed by atoms with van der Waals surface area (Å²) in [5, 5.41) is 4.30. The van der Waals surface area contributed by atoms with Crippen molar-refractivity contribution in [3.8, 4) is 0 Å². The largest absolute Gasteiger partial charge is 0.454 e. The molecule has 0 spiro atoms. The fourth-order valence-electron chi connectivity index (χ4n) is 1.83. The van der Waals surface area contributed by atoms with E-state index in [1.54, 1.807) is 30.3 Å². The third kappa shape index (κ3) is 5.38. The number of carbonyl (C=O) groups is 3. The van der Waals surface area contributed by atoms with Crippen molar-refractivity contribution >= 4 is 23.5 Å². The molecule has 8 heteroatoms. The molecule has 25 heavy (non-hydrogen) atoms. The van der Waals surface area contributed by atoms with Crippen LogP contribution in [0.4, 0.5) is 14.5 Å². The van der Waals surface area contributed by atoms with Gasteiger partial charge in [0.05, 0.1) is 0 Å². The standard InChI is InChI=1S/C17H14F2N2O4/c18-12-7-4-8-13(19)16(12)21-14(22)10-25-15(23)9-20-17(24)11-5-2-1-3-6-11/h1-8H,9-10H2,(H,20,24)(H,21,22). The lowest BCUT2D eigenvalue weighted by Crippen LogP contribution is -2.32. The molecule has 0 aliphatic carbocycles. The number of carbonyl (C=O) groups excluding carboxylic acids is 3. The normalized spacial score (nSPS) is 10.0. The smallest absolute Gasteiger partial charge is 0.325 e. The molecular formula is C17H14F2N2O4. The second kappa shape index (κ2) is 8.53. The third-order valence-corrected chi connectivity index (χ3v) is 3.02. The van der Waals surface area contributed by atoms with Crippen molar-refractivity contribution in [2.45, 2.75) is 0 Å². The molecule has 0 aliphatic rings. The van der Waals surface area contributed by atoms with Gasteiger partial charge >= 0.3 is 5.97 Å². The van der Waals surface area contributed by atoms with Gasteiger partial charge < -0.3 is 15.4 Å². The Bertz CT molecular complexity index is 761. The van der Waals surface area contributed by atoms with E-state index in [1.807, 2.05) is 5.32 Å². The molecule has 6 nitrogen and oxygen atoms in total. The summed E-state index contributed by atoms with van der Waals surface area (Å²) in [5.74, 6) is -4.15. The molecule has 0 unspecified atom stereocenters. The number of esters is 1. The monoisotopic (exact) mass is 348 g/mol. The summed E-state index contributed by atoms with van der Waals surface area (Å²) in [7, 11) is 0. The quantitative estimate of drug-likeness (QED) is 0.781. The first-order valence-corrected chi connectivity index (χ1v) is 7.20. The molecule has 0 saturated heterocycles. The van der Waals surface area contributed by atoms with Gasteiger partial charge in [-0.25, -0.2) is 8.78 Å². The Hall–Kier alpha value is -3.29. The van der Waals surface area contributed by atoms with Crippen LogP contribution in [0.25, 0.3) is 0 Å². The molecule has 0 heterocycles. The number of halogens is 2. The van der Waals surface area contributed by atoms with E-state index in [0.29, 0.717) is 5.56 Å². The number of hydrogen-bond acceptors (Lipinski definition) is 4. The lowest BCUT2D eigenvalue weighted by molar-refractivity contribution is -0.146. The molecule has 0 aliphatic heterocycles. The molecule has 0 aromatic heterocycles. The molecule has 0 atom stereocenters. The number of ether oxygens (including phenoxy) is 1. The summed E-state index contributed by atoms with van der Waals surface area (Å²) in [6.07, 6.45) is 0. The second-order valence-electron chi connectivity index (χ2n) is 4.85. The Morgan fingerprint density at radius 1 is 0.920 bits per heavy atom. The summed E-state index contributed by atoms with van der Waals surface area (Å²) in [4.78, 5) is 34.8. The van der Waals surface area contributed by atoms with Gasteiger partial charge in [-0.3, -0.25) is 14.4 Å². The zero-order chi connectivity index (χ0) is 18.2. The van der Waals surface area contributed by atoms with Crippen LogP contribution in [0.15, 0.2) is 48.5 Å². The van der Waals surface area contributed by atoms with Crippen LogP contribution in [0.2, 0.25) is 0 Å². The minimum Gasteiger partial charge on any atom is -0.454 e. The van der Waals surface area contributed by atoms with Crippen LogP contribution in [-0.4, -0.2) is 30.9 Å². The molecule has 2 aromatic rings. The van der Waals surface area contributed by atoms with Crippen LogP contribution < -0.4 is 10.6 Å². The van der Waals surface area contributed by atoms with E-state index in [-0.39, 0.29) is 0 Å². The van der Waals surface area contributed by atoms with Crippen LogP contribution in [0.3, 0.4) is 0 Å². The highest BCUT2D eigenvalue weighted by Gasteiger charge is 2.14. The Balaban J connectivity index is 1.76. The number of nitrogens with one attached hydrogen (secondary N) is 2. The van der Waals surface area contributed by atoms with Gasteiger partial charge in [-0.1, -0.05) is 24.3 Å². The fraction of sp³-hybridized carbons (Fsp3) is 0.118. The van der Waals surface area contributed by atoms with E-state index in [9.17, 15) is 23.2 Å². The van der Waals surface area contributed by atoms with Gasteiger partial charge in [-0.15, -0.1) is 0 Å². The summed E-state index contributed by atoms with van der Waals surface area (Å²) in [6, 6.07) is 11.3. The summed E-state index contributed by atoms with van der Waals surface area (Å²) >= 11 is 0. The number of hydrogen-bond donors (Lipinski definition) is 2. The first-order valence-electron chi connectivity index (χ1n) is 7.20. The van der Waals surface area contributed by atoms with Crippen LogP contribution >= 0.6 is 0 Å². The van der Waals surface area contributed by atoms with Crippen molar-refractivity contribution < 1.29 is 27.9 Å². The maximum Gasteiger partial charge on any atom is 0.325 e. The Labute approximate surface area is 141 Å². The molecule has 2 rings (SSSR count). The van der Waals surface area contributed by atoms with Crippen molar-refractivity contribution in [3.05, 3.63) is 65.7 Å². The molecule has 2 amide bonds. The lowest BCUT2D eigenvalue weighted by Gasteiger charge is -2.09. The van der Waals surface area contributed by atoms with Crippen molar-refractivity contribution in [3.63, 3.8) is 0 Å². The van der Waals surface area contributed by atoms with Gasteiger partial charge in [-0.2, -0.15) is 0 Å². The highest BCUT2D eigenvalue weighted by molar-refractivity contribution is 5.96. The van der Waals surface area contributed by atoms with E-state index in [1.165, 1.54) is 0 Å². The average molecular weight is 348 g/mol. The van der Waals surface area contributed by atoms with Crippen LogP contribution in [-0.2, 0) is 14.3 Å². The molecule has 2 N–H and O–H groups in total. The zero-order valence-corrected chi connectivity index (χ0v) is 12.9. The maximum absolute atomic E-state index is 13.4. The number of rotatable bonds is 6. The lowest BCUT2D eigenvalue weighted by atomic mass is 10.2. The number of anilines is 1. The Morgan fingerprint density at radius 2 is 1.56 bits per heavy atom. The fourth-order valence-corrected chi connectivity index (χ4v) is 1.83. The first-order chi connectivity index (χ1) is 12.0. The van der Waals surface area contributed by atoms with E-state index in [2.05, 4.69) is 10.1 Å². The van der Waals surface area contributed by atoms with Gasteiger partial charge in [0.25, 0.3) is 11.8 Å². The predicted molar refractivity (Wildman–Crippen MR) is 84.7 cm³/mol. The van der Waals surface area contributed by atoms with E-state index in [4.69, 9.17) is 0 Å². The maximum atomic E-state index is 13.4. The van der Waals surface area contributed by atoms with Crippen LogP contribution in [0.1, 0.15) is 10.4 Å². The number of amides is 2. The van der Waals surface area contributed by atoms with Gasteiger partial charge in [0.1, 0.15) is 23.9 Å². The summed E-state index contributed by atoms with van der Waals surface area (Å²) < 4.78 is 31.4. The van der Waals surface area contributed by atoms with Crippen molar-refractivity contribution in [2.24, 2.45) is 0 Å². The minimum atomic E-state index is -0.949. The third-order valence-electron chi connectivity index (χ3n) is 3.02. The van der Waals surface area contributed by atoms with Crippen LogP contribution in [0.5, 0.6) is 0 Å². The first kappa shape index (κ1) is 18.1. The summed E-state index contributed by atoms with van der Waals surface area (Å²) in [5.41, 5.74) is -0.260. The van der Waals surface area contributed by atoms with E-state index >= 15 is 0 Å². The number of para-hydroxylation sites is 1. The van der Waals surface area contributed by atoms with Gasteiger partial charge in [0, 0.05) is 5.56 Å². The topological polar surface area (TPSA) is 84.5 Å². The molecular weight excluding hydrogens is 334 g/mol. The Morgan fingerprint density at radius 3 is 2.20 bits per heavy atom. The van der Waals surface area contributed by atoms with Crippen molar-refractivity contribution in [2.75, 3.05) is 18.5 Å². The SMILES string of the molecule is O=C(COC(=O)CNC(=O)c1ccccc1)Nc1c(F)cccc1F. The molecule has 130 valence electrons. The molecule has 0 saturated carbocycles.